The van der Waals surface area contributed by atoms with Crippen LogP contribution >= 0.6 is 0 Å². The molecule has 1 N–H and O–H groups in total. The van der Waals surface area contributed by atoms with Crippen LogP contribution in [-0.2, 0) is 6.42 Å². The third-order valence-corrected chi connectivity index (χ3v) is 4.52. The molecule has 0 radical (unpaired) electrons. The Bertz CT molecular complexity index is 1020. The van der Waals surface area contributed by atoms with Crippen LogP contribution in [0.25, 0.3) is 5.70 Å². The summed E-state index contributed by atoms with van der Waals surface area (Å²) in [6.45, 7) is 4.11. The monoisotopic (exact) mass is 357 g/mol. The summed E-state index contributed by atoms with van der Waals surface area (Å²) < 4.78 is 5.32. The Morgan fingerprint density at radius 3 is 2.48 bits per heavy atom. The van der Waals surface area contributed by atoms with Gasteiger partial charge in [0.2, 0.25) is 0 Å². The molecule has 0 saturated heterocycles. The highest BCUT2D eigenvalue weighted by atomic mass is 16.5. The number of benzene rings is 2. The topological polar surface area (TPSA) is 85.9 Å². The van der Waals surface area contributed by atoms with Crippen LogP contribution in [0.1, 0.15) is 46.5 Å². The molecule has 27 heavy (non-hydrogen) atoms. The molecule has 134 valence electrons. The predicted molar refractivity (Wildman–Crippen MR) is 102 cm³/mol. The second-order valence-corrected chi connectivity index (χ2v) is 7.12. The van der Waals surface area contributed by atoms with Gasteiger partial charge in [0.1, 0.15) is 11.8 Å². The van der Waals surface area contributed by atoms with Gasteiger partial charge in [0.25, 0.3) is 0 Å². The molecule has 0 saturated carbocycles. The molecule has 0 unspecified atom stereocenters. The van der Waals surface area contributed by atoms with Crippen LogP contribution in [0.15, 0.2) is 42.5 Å². The lowest BCUT2D eigenvalue weighted by molar-refractivity contribution is 0.104. The fraction of sp³-hybridized carbons (Fsp3) is 0.227. The van der Waals surface area contributed by atoms with Gasteiger partial charge in [-0.05, 0) is 62.2 Å². The molecule has 1 aliphatic heterocycles. The Morgan fingerprint density at radius 2 is 1.89 bits per heavy atom. The number of carbonyl (C=O) groups is 1. The minimum Gasteiger partial charge on any atom is -0.495 e. The van der Waals surface area contributed by atoms with Crippen molar-refractivity contribution in [3.63, 3.8) is 0 Å². The Balaban J connectivity index is 2.07. The summed E-state index contributed by atoms with van der Waals surface area (Å²) in [5.41, 5.74) is 3.71. The summed E-state index contributed by atoms with van der Waals surface area (Å²) in [5.74, 6) is 0.367. The number of nitriles is 2. The molecule has 0 spiro atoms. The largest absolute Gasteiger partial charge is 0.495 e. The number of hydrogen-bond donors (Lipinski definition) is 1. The summed E-state index contributed by atoms with van der Waals surface area (Å²) in [6.07, 6.45) is 2.29. The minimum absolute atomic E-state index is 0.167. The first-order valence-electron chi connectivity index (χ1n) is 8.52. The van der Waals surface area contributed by atoms with E-state index in [1.54, 1.807) is 43.5 Å². The third kappa shape index (κ3) is 3.68. The van der Waals surface area contributed by atoms with Crippen molar-refractivity contribution in [2.75, 3.05) is 7.11 Å². The van der Waals surface area contributed by atoms with E-state index in [0.29, 0.717) is 28.1 Å². The standard InChI is InChI=1S/C22H19N3O2/c1-22(2)11-16-9-21(27-3)17(13-24)8-18(16)19(25-22)10-20(26)15-6-4-14(12-23)5-7-15/h4-10,25H,11H2,1-3H3. The molecule has 0 bridgehead atoms. The van der Waals surface area contributed by atoms with E-state index < -0.39 is 0 Å². The van der Waals surface area contributed by atoms with Crippen LogP contribution in [0.2, 0.25) is 0 Å². The van der Waals surface area contributed by atoms with E-state index in [9.17, 15) is 10.1 Å². The van der Waals surface area contributed by atoms with Crippen molar-refractivity contribution < 1.29 is 9.53 Å². The minimum atomic E-state index is -0.247. The molecule has 1 heterocycles. The van der Waals surface area contributed by atoms with E-state index in [0.717, 1.165) is 17.5 Å². The molecule has 1 aliphatic rings. The van der Waals surface area contributed by atoms with Gasteiger partial charge in [-0.1, -0.05) is 0 Å². The van der Waals surface area contributed by atoms with Crippen LogP contribution in [0.3, 0.4) is 0 Å². The Morgan fingerprint density at radius 1 is 1.19 bits per heavy atom. The Labute approximate surface area is 158 Å². The van der Waals surface area contributed by atoms with Crippen molar-refractivity contribution in [3.8, 4) is 17.9 Å². The second-order valence-electron chi connectivity index (χ2n) is 7.12. The number of methoxy groups -OCH3 is 1. The maximum absolute atomic E-state index is 12.7. The maximum Gasteiger partial charge on any atom is 0.187 e. The van der Waals surface area contributed by atoms with Gasteiger partial charge in [0.05, 0.1) is 24.3 Å². The van der Waals surface area contributed by atoms with Gasteiger partial charge in [-0.3, -0.25) is 4.79 Å². The number of nitrogens with one attached hydrogen (secondary N) is 1. The van der Waals surface area contributed by atoms with E-state index in [4.69, 9.17) is 10.00 Å². The van der Waals surface area contributed by atoms with E-state index >= 15 is 0 Å². The van der Waals surface area contributed by atoms with Crippen molar-refractivity contribution in [3.05, 3.63) is 70.3 Å². The number of fused-ring (bicyclic) bond motifs is 1. The molecule has 0 aromatic heterocycles. The number of ketones is 1. The number of hydrogen-bond acceptors (Lipinski definition) is 5. The molecular formula is C22H19N3O2. The SMILES string of the molecule is COc1cc2c(cc1C#N)C(=CC(=O)c1ccc(C#N)cc1)NC(C)(C)C2. The van der Waals surface area contributed by atoms with Gasteiger partial charge in [-0.25, -0.2) is 0 Å². The highest BCUT2D eigenvalue weighted by Gasteiger charge is 2.29. The van der Waals surface area contributed by atoms with Crippen molar-refractivity contribution in [2.24, 2.45) is 0 Å². The number of allylic oxidation sites excluding steroid dienone is 1. The summed E-state index contributed by atoms with van der Waals surface area (Å²) in [5, 5.41) is 21.7. The second kappa shape index (κ2) is 6.97. The van der Waals surface area contributed by atoms with Crippen LogP contribution < -0.4 is 10.1 Å². The lowest BCUT2D eigenvalue weighted by atomic mass is 9.84. The first-order valence-corrected chi connectivity index (χ1v) is 8.52. The zero-order chi connectivity index (χ0) is 19.6. The molecule has 0 fully saturated rings. The third-order valence-electron chi connectivity index (χ3n) is 4.52. The summed E-state index contributed by atoms with van der Waals surface area (Å²) in [7, 11) is 1.54. The summed E-state index contributed by atoms with van der Waals surface area (Å²) in [6, 6.07) is 14.3. The quantitative estimate of drug-likeness (QED) is 0.670. The number of nitrogens with zero attached hydrogens (tertiary/aromatic N) is 2. The number of carbonyl (C=O) groups excluding carboxylic acids is 1. The molecule has 5 nitrogen and oxygen atoms in total. The fourth-order valence-corrected chi connectivity index (χ4v) is 3.26. The van der Waals surface area contributed by atoms with E-state index in [-0.39, 0.29) is 11.3 Å². The predicted octanol–water partition coefficient (Wildman–Crippen LogP) is 3.59. The fourth-order valence-electron chi connectivity index (χ4n) is 3.26. The summed E-state index contributed by atoms with van der Waals surface area (Å²) in [4.78, 5) is 12.7. The smallest absolute Gasteiger partial charge is 0.187 e. The zero-order valence-corrected chi connectivity index (χ0v) is 15.5. The Kier molecular flexibility index (Phi) is 4.71. The van der Waals surface area contributed by atoms with Crippen molar-refractivity contribution in [2.45, 2.75) is 25.8 Å². The average Bonchev–Trinajstić information content (AvgIpc) is 2.66. The first-order chi connectivity index (χ1) is 12.9. The van der Waals surface area contributed by atoms with Gasteiger partial charge < -0.3 is 10.1 Å². The first kappa shape index (κ1) is 18.2. The highest BCUT2D eigenvalue weighted by Crippen LogP contribution is 2.34. The highest BCUT2D eigenvalue weighted by molar-refractivity contribution is 6.08. The molecule has 5 heteroatoms. The Hall–Kier alpha value is -3.57. The van der Waals surface area contributed by atoms with Crippen LogP contribution in [0.5, 0.6) is 5.75 Å². The molecule has 0 amide bonds. The van der Waals surface area contributed by atoms with Gasteiger partial charge in [0, 0.05) is 28.4 Å². The van der Waals surface area contributed by atoms with Gasteiger partial charge >= 0.3 is 0 Å². The van der Waals surface area contributed by atoms with E-state index in [1.165, 1.54) is 0 Å². The molecule has 0 aliphatic carbocycles. The van der Waals surface area contributed by atoms with Crippen LogP contribution in [0.4, 0.5) is 0 Å². The average molecular weight is 357 g/mol. The lowest BCUT2D eigenvalue weighted by Crippen LogP contribution is -2.44. The lowest BCUT2D eigenvalue weighted by Gasteiger charge is -2.36. The van der Waals surface area contributed by atoms with Crippen LogP contribution in [0, 0.1) is 22.7 Å². The van der Waals surface area contributed by atoms with E-state index in [1.807, 2.05) is 12.1 Å². The molecule has 2 aromatic rings. The number of rotatable bonds is 3. The molecule has 0 atom stereocenters. The molecular weight excluding hydrogens is 338 g/mol. The van der Waals surface area contributed by atoms with Crippen molar-refractivity contribution in [1.29, 1.82) is 10.5 Å². The summed E-state index contributed by atoms with van der Waals surface area (Å²) >= 11 is 0. The maximum atomic E-state index is 12.7. The molecule has 3 rings (SSSR count). The van der Waals surface area contributed by atoms with Crippen LogP contribution in [-0.4, -0.2) is 18.4 Å². The zero-order valence-electron chi connectivity index (χ0n) is 15.5. The number of ether oxygens (including phenoxy) is 1. The van der Waals surface area contributed by atoms with E-state index in [2.05, 4.69) is 25.2 Å². The van der Waals surface area contributed by atoms with Gasteiger partial charge in [-0.2, -0.15) is 10.5 Å². The van der Waals surface area contributed by atoms with Crippen molar-refractivity contribution >= 4 is 11.5 Å². The molecule has 2 aromatic carbocycles. The normalized spacial score (nSPS) is 15.8. The van der Waals surface area contributed by atoms with Crippen molar-refractivity contribution in [1.82, 2.24) is 5.32 Å². The van der Waals surface area contributed by atoms with Gasteiger partial charge in [-0.15, -0.1) is 0 Å². The van der Waals surface area contributed by atoms with Gasteiger partial charge in [0.15, 0.2) is 5.78 Å².